The van der Waals surface area contributed by atoms with Gasteiger partial charge in [0, 0.05) is 5.56 Å². The van der Waals surface area contributed by atoms with Crippen molar-refractivity contribution in [1.29, 1.82) is 5.26 Å². The molecule has 1 N–H and O–H groups in total. The van der Waals surface area contributed by atoms with Crippen molar-refractivity contribution in [2.75, 3.05) is 0 Å². The summed E-state index contributed by atoms with van der Waals surface area (Å²) in [6.45, 7) is 0. The highest BCUT2D eigenvalue weighted by Gasteiger charge is 2.10. The fraction of sp³-hybridized carbons (Fsp3) is 0. The molecule has 5 heteroatoms. The summed E-state index contributed by atoms with van der Waals surface area (Å²) in [6.07, 6.45) is 0. The molecule has 0 fully saturated rings. The van der Waals surface area contributed by atoms with Crippen LogP contribution in [0.5, 0.6) is 0 Å². The van der Waals surface area contributed by atoms with Gasteiger partial charge in [0.2, 0.25) is 0 Å². The van der Waals surface area contributed by atoms with Crippen molar-refractivity contribution in [2.45, 2.75) is 0 Å². The van der Waals surface area contributed by atoms with Gasteiger partial charge in [0.1, 0.15) is 0 Å². The minimum absolute atomic E-state index is 0.296. The van der Waals surface area contributed by atoms with Crippen LogP contribution in [-0.2, 0) is 4.84 Å². The van der Waals surface area contributed by atoms with E-state index in [0.717, 1.165) is 0 Å². The second kappa shape index (κ2) is 6.16. The summed E-state index contributed by atoms with van der Waals surface area (Å²) in [6, 6.07) is 16.2. The number of hydrogen-bond acceptors (Lipinski definition) is 4. The summed E-state index contributed by atoms with van der Waals surface area (Å²) in [5.74, 6) is -1.20. The van der Waals surface area contributed by atoms with Gasteiger partial charge in [-0.15, -0.1) is 0 Å². The zero-order valence-electron chi connectivity index (χ0n) is 10.4. The molecule has 0 aliphatic carbocycles. The van der Waals surface area contributed by atoms with E-state index in [1.54, 1.807) is 30.3 Å². The lowest BCUT2D eigenvalue weighted by atomic mass is 10.1. The van der Waals surface area contributed by atoms with Gasteiger partial charge in [-0.25, -0.2) is 4.79 Å². The lowest BCUT2D eigenvalue weighted by Crippen LogP contribution is -2.27. The predicted octanol–water partition coefficient (Wildman–Crippen LogP) is 2.06. The van der Waals surface area contributed by atoms with Crippen LogP contribution in [0, 0.1) is 11.3 Å². The monoisotopic (exact) mass is 266 g/mol. The maximum Gasteiger partial charge on any atom is 0.362 e. The third-order valence-corrected chi connectivity index (χ3v) is 2.52. The number of hydrogen-bond donors (Lipinski definition) is 1. The molecule has 2 rings (SSSR count). The van der Waals surface area contributed by atoms with Gasteiger partial charge in [0.25, 0.3) is 5.91 Å². The molecule has 0 aliphatic rings. The van der Waals surface area contributed by atoms with Gasteiger partial charge in [-0.2, -0.15) is 10.7 Å². The van der Waals surface area contributed by atoms with Crippen LogP contribution in [0.25, 0.3) is 0 Å². The van der Waals surface area contributed by atoms with Crippen LogP contribution in [0.15, 0.2) is 54.6 Å². The van der Waals surface area contributed by atoms with E-state index in [0.29, 0.717) is 16.7 Å². The van der Waals surface area contributed by atoms with Crippen molar-refractivity contribution in [3.63, 3.8) is 0 Å². The van der Waals surface area contributed by atoms with E-state index < -0.39 is 11.9 Å². The average Bonchev–Trinajstić information content (AvgIpc) is 2.53. The second-order valence-electron chi connectivity index (χ2n) is 3.88. The Morgan fingerprint density at radius 3 is 2.20 bits per heavy atom. The molecule has 0 saturated carbocycles. The normalized spacial score (nSPS) is 9.35. The number of nitrogens with one attached hydrogen (secondary N) is 1. The first kappa shape index (κ1) is 13.3. The van der Waals surface area contributed by atoms with Crippen molar-refractivity contribution in [1.82, 2.24) is 5.48 Å². The fourth-order valence-electron chi connectivity index (χ4n) is 1.48. The number of carbonyl (C=O) groups excluding carboxylic acids is 2. The highest BCUT2D eigenvalue weighted by Crippen LogP contribution is 2.04. The number of hydroxylamine groups is 1. The van der Waals surface area contributed by atoms with E-state index in [-0.39, 0.29) is 0 Å². The first-order chi connectivity index (χ1) is 9.70. The molecular weight excluding hydrogens is 256 g/mol. The van der Waals surface area contributed by atoms with Crippen LogP contribution in [0.4, 0.5) is 0 Å². The number of nitriles is 1. The molecule has 0 unspecified atom stereocenters. The topological polar surface area (TPSA) is 79.2 Å². The molecule has 0 atom stereocenters. The summed E-state index contributed by atoms with van der Waals surface area (Å²) < 4.78 is 0. The number of carbonyl (C=O) groups is 2. The molecule has 0 bridgehead atoms. The van der Waals surface area contributed by atoms with Gasteiger partial charge < -0.3 is 4.84 Å². The molecule has 0 saturated heterocycles. The minimum Gasteiger partial charge on any atom is -0.335 e. The molecule has 5 nitrogen and oxygen atoms in total. The van der Waals surface area contributed by atoms with Crippen molar-refractivity contribution < 1.29 is 14.4 Å². The lowest BCUT2D eigenvalue weighted by Gasteiger charge is -2.05. The Bertz CT molecular complexity index is 658. The summed E-state index contributed by atoms with van der Waals surface area (Å²) >= 11 is 0. The van der Waals surface area contributed by atoms with E-state index in [1.165, 1.54) is 24.3 Å². The van der Waals surface area contributed by atoms with Gasteiger partial charge in [0.15, 0.2) is 0 Å². The first-order valence-electron chi connectivity index (χ1n) is 5.77. The molecule has 98 valence electrons. The fourth-order valence-corrected chi connectivity index (χ4v) is 1.48. The van der Waals surface area contributed by atoms with Gasteiger partial charge >= 0.3 is 5.97 Å². The summed E-state index contributed by atoms with van der Waals surface area (Å²) in [5.41, 5.74) is 3.15. The van der Waals surface area contributed by atoms with Crippen LogP contribution in [0.1, 0.15) is 26.3 Å². The Morgan fingerprint density at radius 2 is 1.60 bits per heavy atom. The summed E-state index contributed by atoms with van der Waals surface area (Å²) in [4.78, 5) is 28.0. The Labute approximate surface area is 115 Å². The molecule has 2 aromatic rings. The Kier molecular flexibility index (Phi) is 4.10. The van der Waals surface area contributed by atoms with Gasteiger partial charge in [-0.3, -0.25) is 4.79 Å². The maximum absolute atomic E-state index is 11.7. The van der Waals surface area contributed by atoms with Crippen molar-refractivity contribution in [2.24, 2.45) is 0 Å². The van der Waals surface area contributed by atoms with E-state index in [1.807, 2.05) is 6.07 Å². The quantitative estimate of drug-likeness (QED) is 0.844. The predicted molar refractivity (Wildman–Crippen MR) is 70.5 cm³/mol. The van der Waals surface area contributed by atoms with Crippen molar-refractivity contribution in [3.05, 3.63) is 71.3 Å². The Balaban J connectivity index is 1.95. The van der Waals surface area contributed by atoms with Crippen molar-refractivity contribution >= 4 is 11.9 Å². The number of nitrogens with zero attached hydrogens (tertiary/aromatic N) is 1. The first-order valence-corrected chi connectivity index (χ1v) is 5.77. The molecule has 20 heavy (non-hydrogen) atoms. The minimum atomic E-state index is -0.646. The molecule has 1 amide bonds. The van der Waals surface area contributed by atoms with Gasteiger partial charge in [-0.05, 0) is 36.4 Å². The number of rotatable bonds is 2. The van der Waals surface area contributed by atoms with Crippen LogP contribution in [0.2, 0.25) is 0 Å². The SMILES string of the molecule is N#Cc1ccc(C(=O)NOC(=O)c2ccccc2)cc1. The highest BCUT2D eigenvalue weighted by molar-refractivity contribution is 5.96. The van der Waals surface area contributed by atoms with Crippen LogP contribution in [0.3, 0.4) is 0 Å². The van der Waals surface area contributed by atoms with E-state index in [2.05, 4.69) is 5.48 Å². The number of benzene rings is 2. The van der Waals surface area contributed by atoms with Gasteiger partial charge in [0.05, 0.1) is 17.2 Å². The van der Waals surface area contributed by atoms with Crippen molar-refractivity contribution in [3.8, 4) is 6.07 Å². The lowest BCUT2D eigenvalue weighted by molar-refractivity contribution is 0.0230. The third-order valence-electron chi connectivity index (χ3n) is 2.52. The van der Waals surface area contributed by atoms with E-state index in [4.69, 9.17) is 10.1 Å². The third kappa shape index (κ3) is 3.21. The van der Waals surface area contributed by atoms with Crippen LogP contribution < -0.4 is 5.48 Å². The zero-order chi connectivity index (χ0) is 14.4. The zero-order valence-corrected chi connectivity index (χ0v) is 10.4. The number of amides is 1. The summed E-state index contributed by atoms with van der Waals surface area (Å²) in [5, 5.41) is 8.65. The summed E-state index contributed by atoms with van der Waals surface area (Å²) in [7, 11) is 0. The molecular formula is C15H10N2O3. The van der Waals surface area contributed by atoms with E-state index >= 15 is 0 Å². The smallest absolute Gasteiger partial charge is 0.335 e. The van der Waals surface area contributed by atoms with Gasteiger partial charge in [-0.1, -0.05) is 18.2 Å². The average molecular weight is 266 g/mol. The van der Waals surface area contributed by atoms with Crippen LogP contribution in [-0.4, -0.2) is 11.9 Å². The molecule has 0 heterocycles. The molecule has 2 aromatic carbocycles. The Morgan fingerprint density at radius 1 is 0.950 bits per heavy atom. The molecule has 0 spiro atoms. The van der Waals surface area contributed by atoms with E-state index in [9.17, 15) is 9.59 Å². The second-order valence-corrected chi connectivity index (χ2v) is 3.88. The standard InChI is InChI=1S/C15H10N2O3/c16-10-11-6-8-12(9-7-11)14(18)17-20-15(19)13-4-2-1-3-5-13/h1-9H,(H,17,18). The maximum atomic E-state index is 11.7. The molecule has 0 radical (unpaired) electrons. The molecule has 0 aliphatic heterocycles. The molecule has 0 aromatic heterocycles. The highest BCUT2D eigenvalue weighted by atomic mass is 16.7. The van der Waals surface area contributed by atoms with Crippen LogP contribution >= 0.6 is 0 Å². The largest absolute Gasteiger partial charge is 0.362 e. The Hall–Kier alpha value is -3.13.